The summed E-state index contributed by atoms with van der Waals surface area (Å²) < 4.78 is 54.8. The molecule has 3 rings (SSSR count). The summed E-state index contributed by atoms with van der Waals surface area (Å²) in [6.45, 7) is 0. The molecule has 1 aromatic carbocycles. The molecule has 9 heteroatoms. The fraction of sp³-hybridized carbons (Fsp3) is 0.0625. The van der Waals surface area contributed by atoms with Gasteiger partial charge >= 0.3 is 6.18 Å². The summed E-state index contributed by atoms with van der Waals surface area (Å²) in [6.07, 6.45) is -1.38. The fourth-order valence-corrected chi connectivity index (χ4v) is 3.02. The van der Waals surface area contributed by atoms with Gasteiger partial charge in [-0.15, -0.1) is 0 Å². The highest BCUT2D eigenvalue weighted by Gasteiger charge is 2.35. The average Bonchev–Trinajstić information content (AvgIpc) is 3.05. The first-order chi connectivity index (χ1) is 11.9. The molecule has 0 unspecified atom stereocenters. The SMILES string of the molecule is Fc1c(NSc2c[nH]c(-c3ccccn3)c2)ccc(C(F)(F)F)c1Cl. The van der Waals surface area contributed by atoms with E-state index in [-0.39, 0.29) is 5.69 Å². The Morgan fingerprint density at radius 3 is 2.64 bits per heavy atom. The molecule has 0 amide bonds. The summed E-state index contributed by atoms with van der Waals surface area (Å²) in [5.41, 5.74) is 0.152. The van der Waals surface area contributed by atoms with Crippen molar-refractivity contribution >= 4 is 29.2 Å². The van der Waals surface area contributed by atoms with Crippen LogP contribution in [-0.2, 0) is 6.18 Å². The number of halogens is 5. The lowest BCUT2D eigenvalue weighted by Crippen LogP contribution is -2.07. The molecule has 0 bridgehead atoms. The van der Waals surface area contributed by atoms with Crippen LogP contribution in [0.1, 0.15) is 5.56 Å². The largest absolute Gasteiger partial charge is 0.417 e. The molecule has 0 aliphatic carbocycles. The zero-order chi connectivity index (χ0) is 18.0. The van der Waals surface area contributed by atoms with Gasteiger partial charge in [0, 0.05) is 17.3 Å². The topological polar surface area (TPSA) is 40.7 Å². The van der Waals surface area contributed by atoms with E-state index in [1.807, 2.05) is 12.1 Å². The Balaban J connectivity index is 1.74. The predicted molar refractivity (Wildman–Crippen MR) is 89.9 cm³/mol. The van der Waals surface area contributed by atoms with Crippen molar-refractivity contribution in [1.29, 1.82) is 0 Å². The highest BCUT2D eigenvalue weighted by atomic mass is 35.5. The van der Waals surface area contributed by atoms with E-state index in [0.717, 1.165) is 35.5 Å². The number of anilines is 1. The Bertz CT molecular complexity index is 881. The molecule has 0 fully saturated rings. The number of aromatic amines is 1. The maximum atomic E-state index is 14.0. The lowest BCUT2D eigenvalue weighted by atomic mass is 10.2. The maximum absolute atomic E-state index is 14.0. The first-order valence-corrected chi connectivity index (χ1v) is 8.13. The summed E-state index contributed by atoms with van der Waals surface area (Å²) in [5.74, 6) is -1.15. The van der Waals surface area contributed by atoms with Crippen molar-refractivity contribution in [2.45, 2.75) is 11.1 Å². The number of benzene rings is 1. The molecule has 0 saturated carbocycles. The van der Waals surface area contributed by atoms with Gasteiger partial charge in [0.05, 0.1) is 27.7 Å². The van der Waals surface area contributed by atoms with Crippen LogP contribution < -0.4 is 4.72 Å². The minimum atomic E-state index is -4.71. The average molecular weight is 388 g/mol. The molecule has 2 heterocycles. The van der Waals surface area contributed by atoms with E-state index < -0.39 is 22.6 Å². The molecule has 130 valence electrons. The maximum Gasteiger partial charge on any atom is 0.417 e. The number of aromatic nitrogens is 2. The van der Waals surface area contributed by atoms with E-state index >= 15 is 0 Å². The third kappa shape index (κ3) is 3.91. The number of hydrogen-bond donors (Lipinski definition) is 2. The third-order valence-corrected chi connectivity index (χ3v) is 4.43. The number of rotatable bonds is 4. The molecule has 2 N–H and O–H groups in total. The van der Waals surface area contributed by atoms with E-state index in [1.165, 1.54) is 0 Å². The summed E-state index contributed by atoms with van der Waals surface area (Å²) in [7, 11) is 0. The zero-order valence-corrected chi connectivity index (χ0v) is 13.9. The quantitative estimate of drug-likeness (QED) is 0.425. The molecular weight excluding hydrogens is 378 g/mol. The zero-order valence-electron chi connectivity index (χ0n) is 12.4. The summed E-state index contributed by atoms with van der Waals surface area (Å²) in [5, 5.41) is -0.957. The van der Waals surface area contributed by atoms with Crippen LogP contribution in [0.4, 0.5) is 23.2 Å². The van der Waals surface area contributed by atoms with Gasteiger partial charge in [-0.3, -0.25) is 4.98 Å². The van der Waals surface area contributed by atoms with Crippen LogP contribution in [0.3, 0.4) is 0 Å². The minimum absolute atomic E-state index is 0.136. The van der Waals surface area contributed by atoms with Gasteiger partial charge in [-0.2, -0.15) is 13.2 Å². The van der Waals surface area contributed by atoms with E-state index in [0.29, 0.717) is 4.90 Å². The number of pyridine rings is 1. The number of H-pyrrole nitrogens is 1. The van der Waals surface area contributed by atoms with Gasteiger partial charge in [-0.1, -0.05) is 17.7 Å². The van der Waals surface area contributed by atoms with Crippen LogP contribution >= 0.6 is 23.5 Å². The molecule has 0 aliphatic heterocycles. The predicted octanol–water partition coefficient (Wildman–Crippen LogP) is 6.01. The highest BCUT2D eigenvalue weighted by Crippen LogP contribution is 2.39. The Hall–Kier alpha value is -2.19. The molecule has 0 spiro atoms. The summed E-state index contributed by atoms with van der Waals surface area (Å²) in [6, 6.07) is 8.98. The normalized spacial score (nSPS) is 11.6. The second-order valence-electron chi connectivity index (χ2n) is 4.95. The second kappa shape index (κ2) is 6.97. The molecule has 2 aromatic heterocycles. The smallest absolute Gasteiger partial charge is 0.359 e. The van der Waals surface area contributed by atoms with Gasteiger partial charge in [0.25, 0.3) is 0 Å². The molecular formula is C16H10ClF4N3S. The monoisotopic (exact) mass is 387 g/mol. The molecule has 0 aliphatic rings. The molecule has 3 aromatic rings. The standard InChI is InChI=1S/C16H10ClF4N3S/c17-14-10(16(19,20)21)4-5-12(15(14)18)24-25-9-7-13(23-8-9)11-3-1-2-6-22-11/h1-8,23-24H. The molecule has 0 saturated heterocycles. The third-order valence-electron chi connectivity index (χ3n) is 3.26. The van der Waals surface area contributed by atoms with Gasteiger partial charge < -0.3 is 9.71 Å². The van der Waals surface area contributed by atoms with Crippen LogP contribution in [0, 0.1) is 5.82 Å². The van der Waals surface area contributed by atoms with Crippen LogP contribution in [0.15, 0.2) is 53.7 Å². The van der Waals surface area contributed by atoms with Crippen molar-refractivity contribution in [2.75, 3.05) is 4.72 Å². The van der Waals surface area contributed by atoms with Gasteiger partial charge in [-0.25, -0.2) is 4.39 Å². The second-order valence-corrected chi connectivity index (χ2v) is 6.21. The van der Waals surface area contributed by atoms with E-state index in [4.69, 9.17) is 11.6 Å². The Kier molecular flexibility index (Phi) is 4.91. The van der Waals surface area contributed by atoms with Crippen molar-refractivity contribution < 1.29 is 17.6 Å². The lowest BCUT2D eigenvalue weighted by Gasteiger charge is -2.12. The molecule has 0 radical (unpaired) electrons. The number of nitrogens with zero attached hydrogens (tertiary/aromatic N) is 1. The van der Waals surface area contributed by atoms with Crippen molar-refractivity contribution in [1.82, 2.24) is 9.97 Å². The van der Waals surface area contributed by atoms with Crippen molar-refractivity contribution in [3.05, 3.63) is 65.2 Å². The summed E-state index contributed by atoms with van der Waals surface area (Å²) >= 11 is 6.53. The van der Waals surface area contributed by atoms with Crippen LogP contribution in [0.5, 0.6) is 0 Å². The molecule has 25 heavy (non-hydrogen) atoms. The van der Waals surface area contributed by atoms with Crippen LogP contribution in [-0.4, -0.2) is 9.97 Å². The highest BCUT2D eigenvalue weighted by molar-refractivity contribution is 8.00. The van der Waals surface area contributed by atoms with Gasteiger partial charge in [0.2, 0.25) is 0 Å². The number of nitrogens with one attached hydrogen (secondary N) is 2. The lowest BCUT2D eigenvalue weighted by molar-refractivity contribution is -0.137. The van der Waals surface area contributed by atoms with Crippen LogP contribution in [0.2, 0.25) is 5.02 Å². The number of alkyl halides is 3. The van der Waals surface area contributed by atoms with E-state index in [2.05, 4.69) is 14.7 Å². The van der Waals surface area contributed by atoms with Gasteiger partial charge in [0.1, 0.15) is 0 Å². The van der Waals surface area contributed by atoms with Gasteiger partial charge in [0.15, 0.2) is 5.82 Å². The fourth-order valence-electron chi connectivity index (χ4n) is 2.06. The van der Waals surface area contributed by atoms with Crippen molar-refractivity contribution in [2.24, 2.45) is 0 Å². The van der Waals surface area contributed by atoms with Crippen molar-refractivity contribution in [3.8, 4) is 11.4 Å². The first-order valence-electron chi connectivity index (χ1n) is 6.94. The molecule has 0 atom stereocenters. The van der Waals surface area contributed by atoms with Crippen LogP contribution in [0.25, 0.3) is 11.4 Å². The minimum Gasteiger partial charge on any atom is -0.359 e. The van der Waals surface area contributed by atoms with E-state index in [1.54, 1.807) is 24.5 Å². The van der Waals surface area contributed by atoms with Gasteiger partial charge in [-0.05, 0) is 42.3 Å². The Labute approximate surface area is 149 Å². The number of hydrogen-bond acceptors (Lipinski definition) is 3. The Morgan fingerprint density at radius 1 is 1.16 bits per heavy atom. The molecule has 3 nitrogen and oxygen atoms in total. The first kappa shape index (κ1) is 17.6. The summed E-state index contributed by atoms with van der Waals surface area (Å²) in [4.78, 5) is 7.92. The van der Waals surface area contributed by atoms with Crippen molar-refractivity contribution in [3.63, 3.8) is 0 Å². The van der Waals surface area contributed by atoms with E-state index in [9.17, 15) is 17.6 Å². The Morgan fingerprint density at radius 2 is 1.96 bits per heavy atom.